The average molecular weight is 917 g/mol. The summed E-state index contributed by atoms with van der Waals surface area (Å²) < 4.78 is 75.1. The number of aromatic amines is 2. The fourth-order valence-corrected chi connectivity index (χ4v) is 11.3. The highest BCUT2D eigenvalue weighted by molar-refractivity contribution is 5.88. The highest BCUT2D eigenvalue weighted by atomic mass is 19.3. The average Bonchev–Trinajstić information content (AvgIpc) is 4.14. The quantitative estimate of drug-likeness (QED) is 0.127. The molecule has 4 amide bonds. The zero-order valence-electron chi connectivity index (χ0n) is 38.2. The van der Waals surface area contributed by atoms with Crippen LogP contribution in [0.4, 0.5) is 27.2 Å². The van der Waals surface area contributed by atoms with Gasteiger partial charge in [0, 0.05) is 34.3 Å². The molecular formula is C48H56F4N8O6. The van der Waals surface area contributed by atoms with Crippen LogP contribution in [-0.2, 0) is 30.9 Å². The number of hydrogen-bond acceptors (Lipinski definition) is 8. The number of alkyl carbamates (subject to hydrolysis) is 2. The highest BCUT2D eigenvalue weighted by Crippen LogP contribution is 2.59. The molecule has 2 aromatic carbocycles. The van der Waals surface area contributed by atoms with Crippen molar-refractivity contribution < 1.29 is 46.2 Å². The van der Waals surface area contributed by atoms with E-state index >= 15 is 17.6 Å². The van der Waals surface area contributed by atoms with Crippen LogP contribution in [0, 0.1) is 22.7 Å². The number of nitrogens with zero attached hydrogens (tertiary/aromatic N) is 4. The van der Waals surface area contributed by atoms with Gasteiger partial charge < -0.3 is 39.9 Å². The standard InChI is InChI=1S/C48H56F4N8O6/c1-45(2,3)37(57-43(63)65-7)41(61)59-27-13-9-25(17-27)35(59)39-53-21-33(55-39)23-11-15-29-30-16-12-24(20-32(30)48(51,52)47(49,50)31(29)19-23)34-22-54-40(56-34)36-26-10-14-28(18-26)60(36)42(62)38(46(4,5)6)58-44(64)66-8/h11-12,15-16,19-22,25-28,35-38H,9-10,13-14,17-18H2,1-8H3,(H,53,55)(H,54,56)(H,57,63)(H,58,64)/t25-,26-,27+,28+,35-,36-,37+,38+/m0/s1. The molecule has 352 valence electrons. The Morgan fingerprint density at radius 1 is 0.652 bits per heavy atom. The van der Waals surface area contributed by atoms with Gasteiger partial charge in [0.2, 0.25) is 11.8 Å². The summed E-state index contributed by atoms with van der Waals surface area (Å²) in [6, 6.07) is 5.23. The Balaban J connectivity index is 0.997. The minimum absolute atomic E-state index is 0.0393. The fourth-order valence-electron chi connectivity index (χ4n) is 11.3. The molecule has 2 aromatic heterocycles. The first-order valence-corrected chi connectivity index (χ1v) is 22.5. The van der Waals surface area contributed by atoms with Crippen LogP contribution in [0.5, 0.6) is 0 Å². The maximum absolute atomic E-state index is 16.4. The molecule has 2 saturated heterocycles. The molecule has 0 unspecified atom stereocenters. The summed E-state index contributed by atoms with van der Waals surface area (Å²) in [6.07, 6.45) is 6.21. The van der Waals surface area contributed by atoms with Gasteiger partial charge in [-0.25, -0.2) is 19.6 Å². The number of ether oxygens (including phenoxy) is 2. The van der Waals surface area contributed by atoms with Gasteiger partial charge >= 0.3 is 24.0 Å². The monoisotopic (exact) mass is 916 g/mol. The van der Waals surface area contributed by atoms with Crippen molar-refractivity contribution in [2.24, 2.45) is 22.7 Å². The van der Waals surface area contributed by atoms with E-state index in [9.17, 15) is 19.2 Å². The number of fused-ring (bicyclic) bond motifs is 7. The van der Waals surface area contributed by atoms with Crippen LogP contribution in [0.15, 0.2) is 48.8 Å². The number of aromatic nitrogens is 4. The number of halogens is 4. The lowest BCUT2D eigenvalue weighted by atomic mass is 9.79. The predicted octanol–water partition coefficient (Wildman–Crippen LogP) is 8.98. The maximum Gasteiger partial charge on any atom is 0.407 e. The maximum atomic E-state index is 16.4. The smallest absolute Gasteiger partial charge is 0.407 e. The Hall–Kier alpha value is -5.94. The van der Waals surface area contributed by atoms with Crippen molar-refractivity contribution in [2.45, 2.75) is 128 Å². The van der Waals surface area contributed by atoms with Crippen molar-refractivity contribution in [2.75, 3.05) is 14.2 Å². The number of carbonyl (C=O) groups is 4. The van der Waals surface area contributed by atoms with Crippen molar-refractivity contribution >= 4 is 24.0 Å². The number of methoxy groups -OCH3 is 2. The van der Waals surface area contributed by atoms with Crippen LogP contribution < -0.4 is 10.6 Å². The summed E-state index contributed by atoms with van der Waals surface area (Å²) in [4.78, 5) is 72.2. The normalized spacial score (nSPS) is 25.5. The molecule has 4 N–H and O–H groups in total. The van der Waals surface area contributed by atoms with E-state index < -0.39 is 70.2 Å². The highest BCUT2D eigenvalue weighted by Gasteiger charge is 2.63. The zero-order chi connectivity index (χ0) is 47.4. The van der Waals surface area contributed by atoms with E-state index in [0.717, 1.165) is 50.7 Å². The van der Waals surface area contributed by atoms with Crippen LogP contribution in [0.25, 0.3) is 33.6 Å². The van der Waals surface area contributed by atoms with Gasteiger partial charge in [-0.1, -0.05) is 65.8 Å². The lowest BCUT2D eigenvalue weighted by Crippen LogP contribution is -2.56. The largest absolute Gasteiger partial charge is 0.453 e. The number of nitrogens with one attached hydrogen (secondary N) is 4. The van der Waals surface area contributed by atoms with Gasteiger partial charge in [0.25, 0.3) is 0 Å². The molecule has 14 nitrogen and oxygen atoms in total. The molecule has 0 radical (unpaired) electrons. The molecule has 8 atom stereocenters. The molecule has 9 rings (SSSR count). The second-order valence-electron chi connectivity index (χ2n) is 20.7. The summed E-state index contributed by atoms with van der Waals surface area (Å²) in [5, 5.41) is 5.39. The van der Waals surface area contributed by atoms with Crippen molar-refractivity contribution in [1.29, 1.82) is 0 Å². The number of alkyl halides is 4. The van der Waals surface area contributed by atoms with Crippen LogP contribution in [0.3, 0.4) is 0 Å². The Labute approximate surface area is 380 Å². The molecule has 4 aromatic rings. The Morgan fingerprint density at radius 2 is 1.03 bits per heavy atom. The number of carbonyl (C=O) groups excluding carboxylic acids is 4. The van der Waals surface area contributed by atoms with Gasteiger partial charge in [0.1, 0.15) is 23.7 Å². The number of rotatable bonds is 8. The lowest BCUT2D eigenvalue weighted by Gasteiger charge is -2.40. The zero-order valence-corrected chi connectivity index (χ0v) is 38.2. The summed E-state index contributed by atoms with van der Waals surface area (Å²) in [7, 11) is 2.46. The number of amides is 4. The lowest BCUT2D eigenvalue weighted by molar-refractivity contribution is -0.225. The molecular weight excluding hydrogens is 861 g/mol. The molecule has 3 aliphatic carbocycles. The molecule has 18 heteroatoms. The van der Waals surface area contributed by atoms with Crippen LogP contribution in [0.1, 0.15) is 115 Å². The molecule has 2 saturated carbocycles. The first-order chi connectivity index (χ1) is 31.0. The van der Waals surface area contributed by atoms with E-state index in [4.69, 9.17) is 9.47 Å². The number of hydrogen-bond donors (Lipinski definition) is 4. The van der Waals surface area contributed by atoms with E-state index in [1.807, 2.05) is 41.5 Å². The number of piperidine rings is 2. The predicted molar refractivity (Wildman–Crippen MR) is 234 cm³/mol. The first-order valence-electron chi connectivity index (χ1n) is 22.5. The second-order valence-corrected chi connectivity index (χ2v) is 20.7. The van der Waals surface area contributed by atoms with Gasteiger partial charge in [-0.3, -0.25) is 9.59 Å². The fraction of sp³-hybridized carbons (Fsp3) is 0.542. The van der Waals surface area contributed by atoms with Gasteiger partial charge in [0.05, 0.1) is 50.1 Å². The third-order valence-electron chi connectivity index (χ3n) is 14.6. The summed E-state index contributed by atoms with van der Waals surface area (Å²) in [5.74, 6) is -8.77. The summed E-state index contributed by atoms with van der Waals surface area (Å²) in [5.41, 5.74) is -1.98. The minimum Gasteiger partial charge on any atom is -0.453 e. The molecule has 4 fully saturated rings. The number of H-pyrrole nitrogens is 2. The van der Waals surface area contributed by atoms with E-state index in [-0.39, 0.29) is 58.0 Å². The van der Waals surface area contributed by atoms with Crippen LogP contribution in [-0.4, -0.2) is 92.1 Å². The van der Waals surface area contributed by atoms with Gasteiger partial charge in [-0.05, 0) is 84.5 Å². The Kier molecular flexibility index (Phi) is 10.9. The third kappa shape index (κ3) is 7.29. The molecule has 4 heterocycles. The van der Waals surface area contributed by atoms with Crippen molar-refractivity contribution in [3.8, 4) is 33.6 Å². The number of imidazole rings is 2. The number of likely N-dealkylation sites (tertiary alicyclic amines) is 2. The van der Waals surface area contributed by atoms with E-state index in [1.165, 1.54) is 38.7 Å². The molecule has 4 bridgehead atoms. The van der Waals surface area contributed by atoms with Gasteiger partial charge in [0.15, 0.2) is 0 Å². The number of benzene rings is 2. The first kappa shape index (κ1) is 45.2. The van der Waals surface area contributed by atoms with Crippen molar-refractivity contribution in [1.82, 2.24) is 40.4 Å². The second kappa shape index (κ2) is 15.9. The SMILES string of the molecule is COC(=O)N[C@H](C(=O)N1[C@@H]2CC[C@@H](C2)[C@H]1c1ncc(-c2ccc3c(c2)C(F)(F)C(F)(F)c2cc(-c4cnc([C@@H]5[C@H]6CC[C@H](C6)N5C(=O)[C@@H](NC(=O)OC)C(C)(C)C)[nH]4)ccc2-3)[nH]1)C(C)(C)C. The Morgan fingerprint density at radius 3 is 1.38 bits per heavy atom. The summed E-state index contributed by atoms with van der Waals surface area (Å²) >= 11 is 0. The molecule has 0 spiro atoms. The van der Waals surface area contributed by atoms with Crippen molar-refractivity contribution in [3.05, 3.63) is 71.6 Å². The van der Waals surface area contributed by atoms with E-state index in [1.54, 1.807) is 21.9 Å². The van der Waals surface area contributed by atoms with Crippen LogP contribution >= 0.6 is 0 Å². The molecule has 5 aliphatic rings. The Bertz CT molecular complexity index is 2420. The van der Waals surface area contributed by atoms with E-state index in [0.29, 0.717) is 23.0 Å². The van der Waals surface area contributed by atoms with Crippen LogP contribution in [0.2, 0.25) is 0 Å². The molecule has 2 aliphatic heterocycles. The topological polar surface area (TPSA) is 175 Å². The van der Waals surface area contributed by atoms with Gasteiger partial charge in [-0.2, -0.15) is 17.6 Å². The van der Waals surface area contributed by atoms with Crippen molar-refractivity contribution in [3.63, 3.8) is 0 Å². The van der Waals surface area contributed by atoms with Gasteiger partial charge in [-0.15, -0.1) is 0 Å². The third-order valence-corrected chi connectivity index (χ3v) is 14.6. The summed E-state index contributed by atoms with van der Waals surface area (Å²) in [6.45, 7) is 11.1. The molecule has 66 heavy (non-hydrogen) atoms. The van der Waals surface area contributed by atoms with E-state index in [2.05, 4.69) is 30.6 Å². The minimum atomic E-state index is -4.61.